The number of benzene rings is 2. The SMILES string of the molecule is C[C@H](CO)Nc1nc(Nc2ccc([S-](=N)=O)cc2)ncc1C#Cc1ccc2[nH]ncc2c1. The molecular formula is C22H20N7O2S-. The summed E-state index contributed by atoms with van der Waals surface area (Å²) in [5.41, 5.74) is 3.04. The summed E-state index contributed by atoms with van der Waals surface area (Å²) in [4.78, 5) is 9.26. The van der Waals surface area contributed by atoms with Gasteiger partial charge in [-0.1, -0.05) is 28.9 Å². The molecule has 0 aliphatic rings. The van der Waals surface area contributed by atoms with Gasteiger partial charge < -0.3 is 24.7 Å². The number of nitrogens with one attached hydrogen (secondary N) is 4. The summed E-state index contributed by atoms with van der Waals surface area (Å²) in [5.74, 6) is 7.04. The molecule has 32 heavy (non-hydrogen) atoms. The number of anilines is 3. The number of aliphatic hydroxyl groups excluding tert-OH is 1. The molecule has 0 saturated heterocycles. The first-order chi connectivity index (χ1) is 15.5. The Morgan fingerprint density at radius 1 is 1.19 bits per heavy atom. The van der Waals surface area contributed by atoms with Crippen LogP contribution in [0.5, 0.6) is 0 Å². The summed E-state index contributed by atoms with van der Waals surface area (Å²) in [7, 11) is -1.79. The van der Waals surface area contributed by atoms with E-state index in [0.29, 0.717) is 27.9 Å². The minimum Gasteiger partial charge on any atom is -0.440 e. The number of hydrogen-bond acceptors (Lipinski definition) is 9. The minimum absolute atomic E-state index is 0.0669. The highest BCUT2D eigenvalue weighted by Gasteiger charge is 2.09. The molecule has 1 atom stereocenters. The standard InChI is InChI=1S/C22H20N7O2S/c1-14(13-30)26-21-16(4-2-15-3-9-20-17(10-15)12-25-29-20)11-24-22(28-21)27-18-5-7-19(8-6-18)32(23)31/h3,5-12,14,23,30H,13H2,1H3,(H,25,29)(H2,24,26,27,28)/q-1/t14-/m1/s1. The molecule has 0 saturated carbocycles. The Kier molecular flexibility index (Phi) is 6.30. The van der Waals surface area contributed by atoms with Crippen LogP contribution in [0, 0.1) is 16.6 Å². The molecule has 9 nitrogen and oxygen atoms in total. The van der Waals surface area contributed by atoms with E-state index in [9.17, 15) is 9.32 Å². The number of fused-ring (bicyclic) bond motifs is 1. The second-order valence-corrected chi connectivity index (χ2v) is 8.03. The Balaban J connectivity index is 1.62. The van der Waals surface area contributed by atoms with Gasteiger partial charge in [-0.05, 0) is 37.3 Å². The summed E-state index contributed by atoms with van der Waals surface area (Å²) < 4.78 is 18.5. The Hall–Kier alpha value is -3.94. The van der Waals surface area contributed by atoms with E-state index in [2.05, 4.69) is 42.6 Å². The van der Waals surface area contributed by atoms with Crippen molar-refractivity contribution >= 4 is 39.0 Å². The molecule has 0 unspecified atom stereocenters. The van der Waals surface area contributed by atoms with Crippen molar-refractivity contribution in [3.63, 3.8) is 0 Å². The number of rotatable bonds is 6. The zero-order valence-electron chi connectivity index (χ0n) is 17.1. The van der Waals surface area contributed by atoms with Crippen molar-refractivity contribution in [1.82, 2.24) is 20.2 Å². The highest BCUT2D eigenvalue weighted by atomic mass is 32.2. The van der Waals surface area contributed by atoms with Crippen LogP contribution in [0.2, 0.25) is 0 Å². The van der Waals surface area contributed by atoms with Crippen LogP contribution >= 0.6 is 0 Å². The predicted octanol–water partition coefficient (Wildman–Crippen LogP) is 3.37. The van der Waals surface area contributed by atoms with Gasteiger partial charge in [-0.15, -0.1) is 0 Å². The van der Waals surface area contributed by atoms with Crippen molar-refractivity contribution < 1.29 is 9.32 Å². The second-order valence-electron chi connectivity index (χ2n) is 7.02. The Bertz CT molecular complexity index is 1380. The van der Waals surface area contributed by atoms with E-state index in [4.69, 9.17) is 4.78 Å². The number of hydrogen-bond donors (Lipinski definition) is 5. The molecule has 2 aromatic heterocycles. The van der Waals surface area contributed by atoms with E-state index in [0.717, 1.165) is 16.5 Å². The second kappa shape index (κ2) is 9.47. The molecule has 162 valence electrons. The summed E-state index contributed by atoms with van der Waals surface area (Å²) >= 11 is 0. The average molecular weight is 447 g/mol. The topological polar surface area (TPSA) is 140 Å². The Labute approximate surface area is 186 Å². The highest BCUT2D eigenvalue weighted by molar-refractivity contribution is 7.73. The molecular weight excluding hydrogens is 426 g/mol. The molecule has 0 aliphatic heterocycles. The zero-order valence-corrected chi connectivity index (χ0v) is 17.9. The molecule has 0 fully saturated rings. The summed E-state index contributed by atoms with van der Waals surface area (Å²) in [6.07, 6.45) is 3.35. The van der Waals surface area contributed by atoms with E-state index >= 15 is 0 Å². The molecule has 2 heterocycles. The first kappa shape index (κ1) is 21.3. The van der Waals surface area contributed by atoms with Gasteiger partial charge >= 0.3 is 0 Å². The molecule has 5 N–H and O–H groups in total. The van der Waals surface area contributed by atoms with E-state index in [1.54, 1.807) is 36.7 Å². The fourth-order valence-corrected chi connectivity index (χ4v) is 3.26. The van der Waals surface area contributed by atoms with Crippen molar-refractivity contribution in [2.24, 2.45) is 0 Å². The fourth-order valence-electron chi connectivity index (χ4n) is 2.87. The third-order valence-corrected chi connectivity index (χ3v) is 5.25. The zero-order chi connectivity index (χ0) is 22.5. The summed E-state index contributed by atoms with van der Waals surface area (Å²) in [6, 6.07) is 12.2. The van der Waals surface area contributed by atoms with E-state index in [-0.39, 0.29) is 12.6 Å². The van der Waals surface area contributed by atoms with Gasteiger partial charge in [0.25, 0.3) is 0 Å². The Morgan fingerprint density at radius 3 is 2.75 bits per heavy atom. The van der Waals surface area contributed by atoms with E-state index in [1.165, 1.54) is 0 Å². The number of aromatic amines is 1. The van der Waals surface area contributed by atoms with Gasteiger partial charge in [0.2, 0.25) is 5.95 Å². The highest BCUT2D eigenvalue weighted by Crippen LogP contribution is 2.19. The lowest BCUT2D eigenvalue weighted by atomic mass is 10.1. The fraction of sp³-hybridized carbons (Fsp3) is 0.136. The van der Waals surface area contributed by atoms with Crippen LogP contribution < -0.4 is 10.6 Å². The number of nitrogens with zero attached hydrogens (tertiary/aromatic N) is 3. The van der Waals surface area contributed by atoms with Crippen LogP contribution in [-0.4, -0.2) is 37.9 Å². The van der Waals surface area contributed by atoms with Crippen LogP contribution in [0.1, 0.15) is 18.1 Å². The molecule has 0 bridgehead atoms. The maximum atomic E-state index is 11.2. The van der Waals surface area contributed by atoms with Crippen LogP contribution in [-0.2, 0) is 14.8 Å². The number of H-pyrrole nitrogens is 1. The number of aromatic nitrogens is 4. The van der Waals surface area contributed by atoms with Gasteiger partial charge in [0.05, 0.1) is 30.1 Å². The van der Waals surface area contributed by atoms with Gasteiger partial charge in [-0.25, -0.2) is 4.98 Å². The van der Waals surface area contributed by atoms with Crippen LogP contribution in [0.4, 0.5) is 17.5 Å². The minimum atomic E-state index is -1.79. The van der Waals surface area contributed by atoms with Gasteiger partial charge in [0.15, 0.2) is 0 Å². The lowest BCUT2D eigenvalue weighted by molar-refractivity contribution is 0.281. The van der Waals surface area contributed by atoms with Gasteiger partial charge in [0.1, 0.15) is 5.82 Å². The third-order valence-electron chi connectivity index (χ3n) is 4.55. The van der Waals surface area contributed by atoms with Crippen LogP contribution in [0.15, 0.2) is 59.8 Å². The maximum Gasteiger partial charge on any atom is 0.229 e. The predicted molar refractivity (Wildman–Crippen MR) is 123 cm³/mol. The van der Waals surface area contributed by atoms with Crippen molar-refractivity contribution in [2.45, 2.75) is 17.9 Å². The largest absolute Gasteiger partial charge is 0.440 e. The van der Waals surface area contributed by atoms with E-state index in [1.807, 2.05) is 25.1 Å². The molecule has 0 amide bonds. The first-order valence-electron chi connectivity index (χ1n) is 9.71. The van der Waals surface area contributed by atoms with Gasteiger partial charge in [0, 0.05) is 22.7 Å². The lowest BCUT2D eigenvalue weighted by Crippen LogP contribution is -2.21. The quantitative estimate of drug-likeness (QED) is 0.226. The van der Waals surface area contributed by atoms with E-state index < -0.39 is 10.6 Å². The monoisotopic (exact) mass is 446 g/mol. The van der Waals surface area contributed by atoms with Crippen molar-refractivity contribution in [2.75, 3.05) is 17.2 Å². The van der Waals surface area contributed by atoms with Crippen LogP contribution in [0.25, 0.3) is 10.9 Å². The van der Waals surface area contributed by atoms with Crippen molar-refractivity contribution in [3.05, 3.63) is 66.0 Å². The van der Waals surface area contributed by atoms with Crippen molar-refractivity contribution in [1.29, 1.82) is 4.78 Å². The average Bonchev–Trinajstić information content (AvgIpc) is 3.27. The molecule has 10 heteroatoms. The lowest BCUT2D eigenvalue weighted by Gasteiger charge is -2.14. The normalized spacial score (nSPS) is 11.7. The van der Waals surface area contributed by atoms with Gasteiger partial charge in [-0.3, -0.25) is 5.10 Å². The summed E-state index contributed by atoms with van der Waals surface area (Å²) in [5, 5.41) is 23.6. The molecule has 0 aliphatic carbocycles. The molecule has 2 aromatic carbocycles. The Morgan fingerprint density at radius 2 is 2.00 bits per heavy atom. The van der Waals surface area contributed by atoms with Gasteiger partial charge in [-0.2, -0.15) is 20.7 Å². The van der Waals surface area contributed by atoms with Crippen LogP contribution in [0.3, 0.4) is 0 Å². The smallest absolute Gasteiger partial charge is 0.229 e. The molecule has 4 rings (SSSR count). The molecule has 0 spiro atoms. The third kappa shape index (κ3) is 5.03. The summed E-state index contributed by atoms with van der Waals surface area (Å²) in [6.45, 7) is 1.77. The van der Waals surface area contributed by atoms with Crippen molar-refractivity contribution in [3.8, 4) is 11.8 Å². The first-order valence-corrected chi connectivity index (χ1v) is 10.9. The number of aliphatic hydroxyl groups is 1. The molecule has 0 radical (unpaired) electrons. The maximum absolute atomic E-state index is 11.2. The molecule has 4 aromatic rings.